The normalized spacial score (nSPS) is 10.9. The summed E-state index contributed by atoms with van der Waals surface area (Å²) in [5.74, 6) is 0. The summed E-state index contributed by atoms with van der Waals surface area (Å²) in [6.45, 7) is 8.27. The Kier molecular flexibility index (Phi) is 5.29. The number of hydrogen-bond donors (Lipinski definition) is 1. The van der Waals surface area contributed by atoms with Gasteiger partial charge in [0.25, 0.3) is 0 Å². The summed E-state index contributed by atoms with van der Waals surface area (Å²) in [6.07, 6.45) is 1.96. The van der Waals surface area contributed by atoms with Crippen LogP contribution in [-0.2, 0) is 6.54 Å². The molecule has 0 fully saturated rings. The Balaban J connectivity index is 2.31. The zero-order valence-corrected chi connectivity index (χ0v) is 9.95. The van der Waals surface area contributed by atoms with Gasteiger partial charge in [-0.25, -0.2) is 0 Å². The second kappa shape index (κ2) is 6.53. The molecule has 0 unspecified atom stereocenters. The first kappa shape index (κ1) is 12.1. The minimum Gasteiger partial charge on any atom is -0.316 e. The summed E-state index contributed by atoms with van der Waals surface area (Å²) in [7, 11) is 2.14. The van der Waals surface area contributed by atoms with Crippen LogP contribution in [0, 0.1) is 6.92 Å². The van der Waals surface area contributed by atoms with Gasteiger partial charge in [0.1, 0.15) is 0 Å². The minimum atomic E-state index is 0.971. The van der Waals surface area contributed by atoms with Crippen molar-refractivity contribution < 1.29 is 0 Å². The first-order chi connectivity index (χ1) is 7.22. The van der Waals surface area contributed by atoms with Crippen LogP contribution < -0.4 is 5.32 Å². The molecule has 0 bridgehead atoms. The number of nitrogens with one attached hydrogen (secondary N) is 1. The van der Waals surface area contributed by atoms with Crippen LogP contribution in [0.15, 0.2) is 18.3 Å². The van der Waals surface area contributed by atoms with Gasteiger partial charge in [0, 0.05) is 31.5 Å². The van der Waals surface area contributed by atoms with Gasteiger partial charge in [-0.2, -0.15) is 0 Å². The SMILES string of the molecule is CCNCCN(C)Cc1ccc(C)nc1. The molecule has 1 rings (SSSR count). The fourth-order valence-electron chi connectivity index (χ4n) is 1.43. The van der Waals surface area contributed by atoms with E-state index in [1.165, 1.54) is 5.56 Å². The van der Waals surface area contributed by atoms with Gasteiger partial charge >= 0.3 is 0 Å². The number of aromatic nitrogens is 1. The average Bonchev–Trinajstić information content (AvgIpc) is 2.22. The maximum Gasteiger partial charge on any atom is 0.0372 e. The number of pyridine rings is 1. The third-order valence-corrected chi connectivity index (χ3v) is 2.35. The van der Waals surface area contributed by atoms with Crippen LogP contribution in [0.3, 0.4) is 0 Å². The van der Waals surface area contributed by atoms with Crippen LogP contribution in [0.2, 0.25) is 0 Å². The van der Waals surface area contributed by atoms with E-state index in [1.807, 2.05) is 13.1 Å². The molecule has 0 aliphatic heterocycles. The van der Waals surface area contributed by atoms with Crippen LogP contribution in [0.4, 0.5) is 0 Å². The Morgan fingerprint density at radius 2 is 2.20 bits per heavy atom. The Hall–Kier alpha value is -0.930. The molecule has 1 aromatic rings. The van der Waals surface area contributed by atoms with E-state index in [9.17, 15) is 0 Å². The molecule has 0 amide bonds. The van der Waals surface area contributed by atoms with Crippen molar-refractivity contribution in [3.8, 4) is 0 Å². The Morgan fingerprint density at radius 1 is 1.40 bits per heavy atom. The first-order valence-corrected chi connectivity index (χ1v) is 5.53. The van der Waals surface area contributed by atoms with Gasteiger partial charge in [-0.15, -0.1) is 0 Å². The Bertz CT molecular complexity index is 269. The molecule has 15 heavy (non-hydrogen) atoms. The summed E-state index contributed by atoms with van der Waals surface area (Å²) in [6, 6.07) is 4.21. The molecule has 0 aliphatic rings. The van der Waals surface area contributed by atoms with Crippen molar-refractivity contribution in [2.24, 2.45) is 0 Å². The first-order valence-electron chi connectivity index (χ1n) is 5.53. The minimum absolute atomic E-state index is 0.971. The lowest BCUT2D eigenvalue weighted by Gasteiger charge is -2.16. The van der Waals surface area contributed by atoms with Crippen LogP contribution in [-0.4, -0.2) is 36.6 Å². The topological polar surface area (TPSA) is 28.2 Å². The average molecular weight is 207 g/mol. The highest BCUT2D eigenvalue weighted by atomic mass is 15.1. The van der Waals surface area contributed by atoms with Crippen molar-refractivity contribution in [3.63, 3.8) is 0 Å². The van der Waals surface area contributed by atoms with Crippen LogP contribution in [0.5, 0.6) is 0 Å². The molecule has 1 heterocycles. The predicted molar refractivity (Wildman–Crippen MR) is 63.9 cm³/mol. The van der Waals surface area contributed by atoms with E-state index in [-0.39, 0.29) is 0 Å². The molecule has 1 aromatic heterocycles. The van der Waals surface area contributed by atoms with Gasteiger partial charge in [0.05, 0.1) is 0 Å². The van der Waals surface area contributed by atoms with Gasteiger partial charge < -0.3 is 10.2 Å². The molecule has 0 radical (unpaired) electrons. The van der Waals surface area contributed by atoms with E-state index in [0.29, 0.717) is 0 Å². The number of likely N-dealkylation sites (N-methyl/N-ethyl adjacent to an activating group) is 2. The predicted octanol–water partition coefficient (Wildman–Crippen LogP) is 1.43. The van der Waals surface area contributed by atoms with E-state index < -0.39 is 0 Å². The molecule has 84 valence electrons. The van der Waals surface area contributed by atoms with Gasteiger partial charge in [0.2, 0.25) is 0 Å². The van der Waals surface area contributed by atoms with Crippen molar-refractivity contribution >= 4 is 0 Å². The number of rotatable bonds is 6. The molecule has 3 heteroatoms. The largest absolute Gasteiger partial charge is 0.316 e. The number of hydrogen-bond acceptors (Lipinski definition) is 3. The zero-order valence-electron chi connectivity index (χ0n) is 9.95. The second-order valence-corrected chi connectivity index (χ2v) is 3.90. The number of aryl methyl sites for hydroxylation is 1. The smallest absolute Gasteiger partial charge is 0.0372 e. The van der Waals surface area contributed by atoms with Crippen LogP contribution in [0.1, 0.15) is 18.2 Å². The molecule has 0 saturated heterocycles. The van der Waals surface area contributed by atoms with E-state index in [1.54, 1.807) is 0 Å². The molecule has 0 saturated carbocycles. The molecule has 1 N–H and O–H groups in total. The number of nitrogens with zero attached hydrogens (tertiary/aromatic N) is 2. The van der Waals surface area contributed by atoms with Crippen molar-refractivity contribution in [1.29, 1.82) is 0 Å². The lowest BCUT2D eigenvalue weighted by Crippen LogP contribution is -2.28. The summed E-state index contributed by atoms with van der Waals surface area (Å²) < 4.78 is 0. The lowest BCUT2D eigenvalue weighted by atomic mass is 10.2. The molecule has 0 aromatic carbocycles. The third kappa shape index (κ3) is 4.91. The van der Waals surface area contributed by atoms with Crippen molar-refractivity contribution in [2.75, 3.05) is 26.7 Å². The van der Waals surface area contributed by atoms with Crippen molar-refractivity contribution in [3.05, 3.63) is 29.6 Å². The molecular formula is C12H21N3. The highest BCUT2D eigenvalue weighted by molar-refractivity contribution is 5.12. The molecule has 0 atom stereocenters. The highest BCUT2D eigenvalue weighted by Gasteiger charge is 1.99. The third-order valence-electron chi connectivity index (χ3n) is 2.35. The summed E-state index contributed by atoms with van der Waals surface area (Å²) in [4.78, 5) is 6.59. The van der Waals surface area contributed by atoms with E-state index in [4.69, 9.17) is 0 Å². The molecule has 3 nitrogen and oxygen atoms in total. The van der Waals surface area contributed by atoms with Gasteiger partial charge in [-0.05, 0) is 32.1 Å². The van der Waals surface area contributed by atoms with E-state index >= 15 is 0 Å². The van der Waals surface area contributed by atoms with Crippen molar-refractivity contribution in [1.82, 2.24) is 15.2 Å². The highest BCUT2D eigenvalue weighted by Crippen LogP contribution is 2.02. The Morgan fingerprint density at radius 3 is 2.80 bits per heavy atom. The maximum atomic E-state index is 4.29. The second-order valence-electron chi connectivity index (χ2n) is 3.90. The fourth-order valence-corrected chi connectivity index (χ4v) is 1.43. The molecule has 0 spiro atoms. The lowest BCUT2D eigenvalue weighted by molar-refractivity contribution is 0.325. The van der Waals surface area contributed by atoms with E-state index in [0.717, 1.165) is 31.9 Å². The van der Waals surface area contributed by atoms with E-state index in [2.05, 4.69) is 41.3 Å². The van der Waals surface area contributed by atoms with Gasteiger partial charge in [-0.3, -0.25) is 4.98 Å². The summed E-state index contributed by atoms with van der Waals surface area (Å²) in [5, 5.41) is 3.32. The quantitative estimate of drug-likeness (QED) is 0.715. The van der Waals surface area contributed by atoms with Gasteiger partial charge in [-0.1, -0.05) is 13.0 Å². The Labute approximate surface area is 92.5 Å². The molecule has 0 aliphatic carbocycles. The monoisotopic (exact) mass is 207 g/mol. The van der Waals surface area contributed by atoms with Crippen LogP contribution >= 0.6 is 0 Å². The summed E-state index contributed by atoms with van der Waals surface area (Å²) >= 11 is 0. The standard InChI is InChI=1S/C12H21N3/c1-4-13-7-8-15(3)10-12-6-5-11(2)14-9-12/h5-6,9,13H,4,7-8,10H2,1-3H3. The van der Waals surface area contributed by atoms with Gasteiger partial charge in [0.15, 0.2) is 0 Å². The molecular weight excluding hydrogens is 186 g/mol. The van der Waals surface area contributed by atoms with Crippen molar-refractivity contribution in [2.45, 2.75) is 20.4 Å². The maximum absolute atomic E-state index is 4.29. The summed E-state index contributed by atoms with van der Waals surface area (Å²) in [5.41, 5.74) is 2.36. The zero-order chi connectivity index (χ0) is 11.1. The fraction of sp³-hybridized carbons (Fsp3) is 0.583. The van der Waals surface area contributed by atoms with Crippen LogP contribution in [0.25, 0.3) is 0 Å².